The number of hydrogen-bond donors (Lipinski definition) is 1. The second kappa shape index (κ2) is 7.56. The zero-order valence-corrected chi connectivity index (χ0v) is 13.0. The van der Waals surface area contributed by atoms with E-state index >= 15 is 0 Å². The molecule has 0 radical (unpaired) electrons. The molecule has 0 aromatic carbocycles. The van der Waals surface area contributed by atoms with E-state index in [9.17, 15) is 0 Å². The molecule has 0 bridgehead atoms. The summed E-state index contributed by atoms with van der Waals surface area (Å²) >= 11 is 5.39. The molecule has 7 heteroatoms. The van der Waals surface area contributed by atoms with E-state index in [1.54, 1.807) is 7.11 Å². The highest BCUT2D eigenvalue weighted by Crippen LogP contribution is 2.07. The molecule has 2 rings (SSSR count). The molecule has 6 nitrogen and oxygen atoms in total. The van der Waals surface area contributed by atoms with E-state index in [1.807, 2.05) is 17.9 Å². The van der Waals surface area contributed by atoms with Crippen LogP contribution < -0.4 is 5.32 Å². The molecule has 1 aromatic rings. The van der Waals surface area contributed by atoms with Crippen LogP contribution in [-0.4, -0.2) is 71.1 Å². The summed E-state index contributed by atoms with van der Waals surface area (Å²) in [4.78, 5) is 4.66. The molecule has 1 fully saturated rings. The van der Waals surface area contributed by atoms with Crippen molar-refractivity contribution >= 4 is 17.3 Å². The fourth-order valence-corrected chi connectivity index (χ4v) is 2.58. The van der Waals surface area contributed by atoms with Crippen molar-refractivity contribution in [1.29, 1.82) is 0 Å². The summed E-state index contributed by atoms with van der Waals surface area (Å²) in [5.41, 5.74) is 1.27. The van der Waals surface area contributed by atoms with Gasteiger partial charge in [-0.2, -0.15) is 5.10 Å². The summed E-state index contributed by atoms with van der Waals surface area (Å²) in [7, 11) is 3.65. The Labute approximate surface area is 125 Å². The number of nitrogens with zero attached hydrogens (tertiary/aromatic N) is 4. The first-order valence-electron chi connectivity index (χ1n) is 6.90. The van der Waals surface area contributed by atoms with Crippen molar-refractivity contribution in [3.63, 3.8) is 0 Å². The molecule has 2 heterocycles. The number of methoxy groups -OCH3 is 1. The average molecular weight is 297 g/mol. The molecule has 0 atom stereocenters. The minimum absolute atomic E-state index is 0.682. The van der Waals surface area contributed by atoms with E-state index in [0.29, 0.717) is 6.61 Å². The Morgan fingerprint density at radius 3 is 2.75 bits per heavy atom. The van der Waals surface area contributed by atoms with Gasteiger partial charge in [-0.15, -0.1) is 0 Å². The molecular weight excluding hydrogens is 274 g/mol. The summed E-state index contributed by atoms with van der Waals surface area (Å²) in [5, 5.41) is 8.26. The van der Waals surface area contributed by atoms with Crippen LogP contribution in [0.3, 0.4) is 0 Å². The molecule has 0 aliphatic carbocycles. The third-order valence-electron chi connectivity index (χ3n) is 3.41. The second-order valence-electron chi connectivity index (χ2n) is 5.01. The lowest BCUT2D eigenvalue weighted by Crippen LogP contribution is -2.51. The van der Waals surface area contributed by atoms with Crippen LogP contribution in [0.25, 0.3) is 0 Å². The van der Waals surface area contributed by atoms with Crippen molar-refractivity contribution in [2.75, 3.05) is 46.4 Å². The number of piperazine rings is 1. The van der Waals surface area contributed by atoms with Gasteiger partial charge >= 0.3 is 0 Å². The number of nitrogens with one attached hydrogen (secondary N) is 1. The minimum Gasteiger partial charge on any atom is -0.383 e. The van der Waals surface area contributed by atoms with Gasteiger partial charge in [-0.05, 0) is 12.2 Å². The monoisotopic (exact) mass is 297 g/mol. The Hall–Kier alpha value is -1.18. The van der Waals surface area contributed by atoms with Crippen molar-refractivity contribution < 1.29 is 4.74 Å². The first kappa shape index (κ1) is 15.2. The van der Waals surface area contributed by atoms with Gasteiger partial charge in [-0.1, -0.05) is 0 Å². The first-order chi connectivity index (χ1) is 9.69. The van der Waals surface area contributed by atoms with Crippen molar-refractivity contribution in [3.8, 4) is 0 Å². The number of ether oxygens (including phenoxy) is 1. The van der Waals surface area contributed by atoms with Crippen LogP contribution in [0, 0.1) is 0 Å². The molecule has 0 saturated carbocycles. The van der Waals surface area contributed by atoms with Crippen LogP contribution in [0.5, 0.6) is 0 Å². The summed E-state index contributed by atoms with van der Waals surface area (Å²) < 4.78 is 6.86. The number of aryl methyl sites for hydroxylation is 1. The maximum atomic E-state index is 5.39. The highest BCUT2D eigenvalue weighted by Gasteiger charge is 2.18. The smallest absolute Gasteiger partial charge is 0.169 e. The molecular formula is C13H23N5OS. The van der Waals surface area contributed by atoms with Crippen molar-refractivity contribution in [1.82, 2.24) is 24.9 Å². The highest BCUT2D eigenvalue weighted by atomic mass is 32.1. The minimum atomic E-state index is 0.682. The zero-order valence-electron chi connectivity index (χ0n) is 12.2. The second-order valence-corrected chi connectivity index (χ2v) is 5.40. The Morgan fingerprint density at radius 1 is 1.40 bits per heavy atom. The Kier molecular flexibility index (Phi) is 5.75. The third kappa shape index (κ3) is 4.43. The maximum Gasteiger partial charge on any atom is 0.169 e. The fraction of sp³-hybridized carbons (Fsp3) is 0.692. The SMILES string of the molecule is COCCNC(=S)N1CCN(Cc2cnn(C)c2)CC1. The van der Waals surface area contributed by atoms with Gasteiger partial charge in [-0.25, -0.2) is 0 Å². The normalized spacial score (nSPS) is 16.4. The fourth-order valence-electron chi connectivity index (χ4n) is 2.29. The van der Waals surface area contributed by atoms with Crippen LogP contribution in [0.4, 0.5) is 0 Å². The Bertz CT molecular complexity index is 428. The summed E-state index contributed by atoms with van der Waals surface area (Å²) in [6, 6.07) is 0. The molecule has 1 N–H and O–H groups in total. The summed E-state index contributed by atoms with van der Waals surface area (Å²) in [5.74, 6) is 0. The predicted molar refractivity (Wildman–Crippen MR) is 82.5 cm³/mol. The van der Waals surface area contributed by atoms with Gasteiger partial charge < -0.3 is 15.0 Å². The van der Waals surface area contributed by atoms with Crippen LogP contribution in [0.1, 0.15) is 5.56 Å². The Morgan fingerprint density at radius 2 is 2.15 bits per heavy atom. The predicted octanol–water partition coefficient (Wildman–Crippen LogP) is 0.0586. The summed E-state index contributed by atoms with van der Waals surface area (Å²) in [6.07, 6.45) is 4.01. The lowest BCUT2D eigenvalue weighted by molar-refractivity contribution is 0.172. The Balaban J connectivity index is 1.70. The van der Waals surface area contributed by atoms with Gasteiger partial charge in [0.2, 0.25) is 0 Å². The molecule has 20 heavy (non-hydrogen) atoms. The van der Waals surface area contributed by atoms with Crippen LogP contribution >= 0.6 is 12.2 Å². The number of hydrogen-bond acceptors (Lipinski definition) is 4. The zero-order chi connectivity index (χ0) is 14.4. The lowest BCUT2D eigenvalue weighted by Gasteiger charge is -2.36. The van der Waals surface area contributed by atoms with Crippen LogP contribution in [0.15, 0.2) is 12.4 Å². The molecule has 1 saturated heterocycles. The van der Waals surface area contributed by atoms with E-state index in [-0.39, 0.29) is 0 Å². The number of aromatic nitrogens is 2. The van der Waals surface area contributed by atoms with Gasteiger partial charge in [0.05, 0.1) is 12.8 Å². The number of thiocarbonyl (C=S) groups is 1. The van der Waals surface area contributed by atoms with Crippen LogP contribution in [0.2, 0.25) is 0 Å². The number of rotatable bonds is 5. The van der Waals surface area contributed by atoms with Crippen molar-refractivity contribution in [2.24, 2.45) is 7.05 Å². The van der Waals surface area contributed by atoms with Gasteiger partial charge in [-0.3, -0.25) is 9.58 Å². The maximum absolute atomic E-state index is 5.39. The largest absolute Gasteiger partial charge is 0.383 e. The van der Waals surface area contributed by atoms with Crippen LogP contribution in [-0.2, 0) is 18.3 Å². The topological polar surface area (TPSA) is 45.6 Å². The standard InChI is InChI=1S/C13H23N5OS/c1-16-10-12(9-15-16)11-17-4-6-18(7-5-17)13(20)14-3-8-19-2/h9-10H,3-8,11H2,1-2H3,(H,14,20). The average Bonchev–Trinajstić information content (AvgIpc) is 2.85. The molecule has 1 aromatic heterocycles. The molecule has 112 valence electrons. The first-order valence-corrected chi connectivity index (χ1v) is 7.31. The molecule has 0 spiro atoms. The molecule has 0 amide bonds. The quantitative estimate of drug-likeness (QED) is 0.612. The van der Waals surface area contributed by atoms with Gasteiger partial charge in [0, 0.05) is 65.2 Å². The van der Waals surface area contributed by atoms with E-state index in [0.717, 1.165) is 44.4 Å². The summed E-state index contributed by atoms with van der Waals surface area (Å²) in [6.45, 7) is 6.41. The van der Waals surface area contributed by atoms with Crippen molar-refractivity contribution in [3.05, 3.63) is 18.0 Å². The molecule has 0 unspecified atom stereocenters. The third-order valence-corrected chi connectivity index (χ3v) is 3.81. The lowest BCUT2D eigenvalue weighted by atomic mass is 10.2. The van der Waals surface area contributed by atoms with Gasteiger partial charge in [0.15, 0.2) is 5.11 Å². The molecule has 1 aliphatic heterocycles. The van der Waals surface area contributed by atoms with E-state index in [4.69, 9.17) is 17.0 Å². The van der Waals surface area contributed by atoms with Gasteiger partial charge in [0.1, 0.15) is 0 Å². The van der Waals surface area contributed by atoms with Gasteiger partial charge in [0.25, 0.3) is 0 Å². The van der Waals surface area contributed by atoms with E-state index in [2.05, 4.69) is 26.4 Å². The van der Waals surface area contributed by atoms with E-state index in [1.165, 1.54) is 5.56 Å². The highest BCUT2D eigenvalue weighted by molar-refractivity contribution is 7.80. The molecule has 1 aliphatic rings. The van der Waals surface area contributed by atoms with Crippen molar-refractivity contribution in [2.45, 2.75) is 6.54 Å². The van der Waals surface area contributed by atoms with E-state index < -0.39 is 0 Å².